The van der Waals surface area contributed by atoms with Gasteiger partial charge in [0.15, 0.2) is 11.4 Å². The maximum absolute atomic E-state index is 12.1. The van der Waals surface area contributed by atoms with E-state index in [1.807, 2.05) is 0 Å². The van der Waals surface area contributed by atoms with Gasteiger partial charge in [0.2, 0.25) is 11.8 Å². The molecule has 0 saturated carbocycles. The second-order valence-electron chi connectivity index (χ2n) is 5.63. The first-order valence-electron chi connectivity index (χ1n) is 7.78. The molecule has 0 atom stereocenters. The Hall–Kier alpha value is -3.60. The molecule has 0 aliphatic heterocycles. The first-order chi connectivity index (χ1) is 12.3. The summed E-state index contributed by atoms with van der Waals surface area (Å²) in [6.07, 6.45) is 5.82. The molecule has 0 radical (unpaired) electrons. The molecule has 0 aliphatic carbocycles. The number of H-pyrrole nitrogens is 1. The van der Waals surface area contributed by atoms with Crippen LogP contribution in [0.25, 0.3) is 0 Å². The second kappa shape index (κ2) is 7.53. The lowest BCUT2D eigenvalue weighted by molar-refractivity contribution is 0.0824. The third-order valence-corrected chi connectivity index (χ3v) is 3.62. The van der Waals surface area contributed by atoms with E-state index in [-0.39, 0.29) is 40.2 Å². The maximum atomic E-state index is 12.1. The van der Waals surface area contributed by atoms with E-state index in [9.17, 15) is 20.1 Å². The molecule has 8 heteroatoms. The summed E-state index contributed by atoms with van der Waals surface area (Å²) in [6.45, 7) is 1.80. The van der Waals surface area contributed by atoms with E-state index in [0.29, 0.717) is 12.1 Å². The molecule has 0 fully saturated rings. The highest BCUT2D eigenvalue weighted by Crippen LogP contribution is 2.45. The third-order valence-electron chi connectivity index (χ3n) is 3.62. The van der Waals surface area contributed by atoms with Gasteiger partial charge >= 0.3 is 0 Å². The molecular weight excluding hydrogens is 336 g/mol. The van der Waals surface area contributed by atoms with E-state index in [4.69, 9.17) is 6.42 Å². The number of aromatic hydroxyl groups is 3. The molecule has 0 spiro atoms. The van der Waals surface area contributed by atoms with Crippen LogP contribution in [0.5, 0.6) is 17.5 Å². The van der Waals surface area contributed by atoms with Gasteiger partial charge in [-0.3, -0.25) is 9.78 Å². The average molecular weight is 356 g/mol. The summed E-state index contributed by atoms with van der Waals surface area (Å²) < 4.78 is 0. The van der Waals surface area contributed by atoms with Crippen molar-refractivity contribution in [1.82, 2.24) is 9.88 Å². The summed E-state index contributed by atoms with van der Waals surface area (Å²) >= 11 is 0. The van der Waals surface area contributed by atoms with Crippen LogP contribution < -0.4 is 5.32 Å². The lowest BCUT2D eigenvalue weighted by Crippen LogP contribution is -2.21. The quantitative estimate of drug-likeness (QED) is 0.320. The van der Waals surface area contributed by atoms with Gasteiger partial charge in [-0.05, 0) is 18.6 Å². The molecule has 5 N–H and O–H groups in total. The topological polar surface area (TPSA) is 121 Å². The van der Waals surface area contributed by atoms with Crippen molar-refractivity contribution in [2.45, 2.75) is 13.3 Å². The number of para-hydroxylation sites is 1. The van der Waals surface area contributed by atoms with E-state index in [0.717, 1.165) is 0 Å². The number of aromatic nitrogens is 1. The van der Waals surface area contributed by atoms with E-state index in [2.05, 4.69) is 21.2 Å². The molecule has 0 aliphatic rings. The molecule has 136 valence electrons. The summed E-state index contributed by atoms with van der Waals surface area (Å²) in [6, 6.07) is 4.56. The number of aliphatic imine (C=N–C) groups is 1. The molecule has 1 amide bonds. The number of carbonyl (C=O) groups is 1. The number of nitrogens with zero attached hydrogens (tertiary/aromatic N) is 2. The van der Waals surface area contributed by atoms with Gasteiger partial charge in [-0.1, -0.05) is 18.9 Å². The normalized spacial score (nSPS) is 11.1. The summed E-state index contributed by atoms with van der Waals surface area (Å²) in [5.41, 5.74) is 0.627. The van der Waals surface area contributed by atoms with E-state index < -0.39 is 5.88 Å². The van der Waals surface area contributed by atoms with Crippen LogP contribution in [0.1, 0.15) is 23.7 Å². The minimum absolute atomic E-state index is 0.000962. The Kier molecular flexibility index (Phi) is 5.42. The summed E-state index contributed by atoms with van der Waals surface area (Å²) in [5.74, 6) is 0.937. The predicted octanol–water partition coefficient (Wildman–Crippen LogP) is 2.69. The number of aromatic amines is 1. The van der Waals surface area contributed by atoms with Crippen molar-refractivity contribution in [1.29, 1.82) is 0 Å². The van der Waals surface area contributed by atoms with Crippen LogP contribution in [0.2, 0.25) is 0 Å². The molecule has 2 aromatic rings. The fraction of sp³-hybridized carbons (Fsp3) is 0.222. The van der Waals surface area contributed by atoms with Crippen molar-refractivity contribution < 1.29 is 20.1 Å². The first kappa shape index (κ1) is 18.7. The van der Waals surface area contributed by atoms with Crippen LogP contribution >= 0.6 is 0 Å². The molecule has 0 bridgehead atoms. The zero-order chi connectivity index (χ0) is 19.4. The Bertz CT molecular complexity index is 907. The van der Waals surface area contributed by atoms with Gasteiger partial charge in [0, 0.05) is 14.1 Å². The maximum Gasteiger partial charge on any atom is 0.257 e. The number of carbonyl (C=O) groups excluding carboxylic acids is 1. The van der Waals surface area contributed by atoms with Gasteiger partial charge in [-0.15, -0.1) is 6.42 Å². The molecular formula is C18H20N4O4. The Morgan fingerprint density at radius 3 is 2.58 bits per heavy atom. The number of phenols is 1. The van der Waals surface area contributed by atoms with Crippen molar-refractivity contribution in [3.8, 4) is 29.9 Å². The first-order valence-corrected chi connectivity index (χ1v) is 7.78. The molecule has 2 rings (SSSR count). The van der Waals surface area contributed by atoms with Crippen molar-refractivity contribution >= 4 is 28.7 Å². The zero-order valence-corrected chi connectivity index (χ0v) is 14.7. The lowest BCUT2D eigenvalue weighted by Gasteiger charge is -2.14. The number of hydrogen-bond acceptors (Lipinski definition) is 6. The van der Waals surface area contributed by atoms with Crippen molar-refractivity contribution in [3.05, 3.63) is 23.8 Å². The van der Waals surface area contributed by atoms with Crippen LogP contribution in [0, 0.1) is 12.3 Å². The Labute approximate surface area is 150 Å². The van der Waals surface area contributed by atoms with Gasteiger partial charge in [0.25, 0.3) is 5.91 Å². The molecule has 8 nitrogen and oxygen atoms in total. The smallest absolute Gasteiger partial charge is 0.257 e. The average Bonchev–Trinajstić information content (AvgIpc) is 2.87. The molecule has 26 heavy (non-hydrogen) atoms. The fourth-order valence-corrected chi connectivity index (χ4v) is 2.23. The van der Waals surface area contributed by atoms with Gasteiger partial charge in [-0.2, -0.15) is 0 Å². The summed E-state index contributed by atoms with van der Waals surface area (Å²) in [7, 11) is 3.13. The van der Waals surface area contributed by atoms with Gasteiger partial charge in [-0.25, -0.2) is 4.99 Å². The number of nitrogens with one attached hydrogen (secondary N) is 2. The molecule has 0 saturated heterocycles. The van der Waals surface area contributed by atoms with Gasteiger partial charge in [0.05, 0.1) is 17.0 Å². The van der Waals surface area contributed by atoms with Crippen LogP contribution in [0.4, 0.5) is 17.1 Å². The Balaban J connectivity index is 2.51. The fourth-order valence-electron chi connectivity index (χ4n) is 2.23. The molecule has 1 aromatic heterocycles. The minimum atomic E-state index is -0.391. The largest absolute Gasteiger partial charge is 0.505 e. The third kappa shape index (κ3) is 3.57. The van der Waals surface area contributed by atoms with E-state index >= 15 is 0 Å². The number of anilines is 2. The molecule has 1 aromatic carbocycles. The standard InChI is InChI=1S/C18H20N4O4/c1-5-10(6-2)19-13-14(17(25)21-16(13)24)20-12-9-7-8-11(15(12)23)18(26)22(3)4/h1,7-9,20-21,23-25H,6H2,2-4H3. The monoisotopic (exact) mass is 356 g/mol. The van der Waals surface area contributed by atoms with E-state index in [1.54, 1.807) is 27.1 Å². The van der Waals surface area contributed by atoms with Crippen LogP contribution in [0.15, 0.2) is 23.2 Å². The zero-order valence-electron chi connectivity index (χ0n) is 14.7. The van der Waals surface area contributed by atoms with Crippen LogP contribution in [-0.2, 0) is 0 Å². The van der Waals surface area contributed by atoms with E-state index in [1.165, 1.54) is 17.0 Å². The SMILES string of the molecule is C#CC(CC)=Nc1c(O)[nH]c(O)c1Nc1cccc(C(=O)N(C)C)c1O. The minimum Gasteiger partial charge on any atom is -0.505 e. The summed E-state index contributed by atoms with van der Waals surface area (Å²) in [5, 5.41) is 33.2. The van der Waals surface area contributed by atoms with Crippen molar-refractivity contribution in [3.63, 3.8) is 0 Å². The Morgan fingerprint density at radius 1 is 1.31 bits per heavy atom. The molecule has 0 unspecified atom stereocenters. The molecule has 1 heterocycles. The number of phenolic OH excluding ortho intramolecular Hbond substituents is 1. The van der Waals surface area contributed by atoms with Gasteiger partial charge in [0.1, 0.15) is 5.69 Å². The van der Waals surface area contributed by atoms with Crippen molar-refractivity contribution in [2.75, 3.05) is 19.4 Å². The highest BCUT2D eigenvalue weighted by Gasteiger charge is 2.21. The van der Waals surface area contributed by atoms with Crippen LogP contribution in [0.3, 0.4) is 0 Å². The van der Waals surface area contributed by atoms with Crippen molar-refractivity contribution in [2.24, 2.45) is 4.99 Å². The number of terminal acetylenes is 1. The predicted molar refractivity (Wildman–Crippen MR) is 99.7 cm³/mol. The number of hydrogen-bond donors (Lipinski definition) is 5. The number of amides is 1. The van der Waals surface area contributed by atoms with Gasteiger partial charge < -0.3 is 25.5 Å². The van der Waals surface area contributed by atoms with Crippen LogP contribution in [-0.4, -0.2) is 50.9 Å². The Morgan fingerprint density at radius 2 is 2.00 bits per heavy atom. The number of rotatable bonds is 5. The highest BCUT2D eigenvalue weighted by atomic mass is 16.3. The lowest BCUT2D eigenvalue weighted by atomic mass is 10.1. The summed E-state index contributed by atoms with van der Waals surface area (Å²) in [4.78, 5) is 19.9. The highest BCUT2D eigenvalue weighted by molar-refractivity contribution is 6.03. The second-order valence-corrected chi connectivity index (χ2v) is 5.63. The number of benzene rings is 1.